The molecule has 100 valence electrons. The van der Waals surface area contributed by atoms with E-state index in [0.29, 0.717) is 16.9 Å². The molecule has 0 heterocycles. The molecule has 2 aromatic rings. The van der Waals surface area contributed by atoms with E-state index in [9.17, 15) is 4.39 Å². The van der Waals surface area contributed by atoms with Crippen molar-refractivity contribution in [3.8, 4) is 0 Å². The van der Waals surface area contributed by atoms with Crippen molar-refractivity contribution in [3.63, 3.8) is 0 Å². The molecule has 0 atom stereocenters. The van der Waals surface area contributed by atoms with Crippen LogP contribution in [0.15, 0.2) is 46.9 Å². The van der Waals surface area contributed by atoms with Crippen LogP contribution in [-0.2, 0) is 19.0 Å². The van der Waals surface area contributed by atoms with E-state index < -0.39 is 0 Å². The fourth-order valence-corrected chi connectivity index (χ4v) is 2.42. The average Bonchev–Trinajstić information content (AvgIpc) is 2.44. The monoisotopic (exact) mass is 341 g/mol. The summed E-state index contributed by atoms with van der Waals surface area (Å²) < 4.78 is 13.9. The second kappa shape index (κ2) is 7.04. The van der Waals surface area contributed by atoms with Crippen molar-refractivity contribution in [1.82, 2.24) is 5.32 Å². The molecule has 0 saturated heterocycles. The number of hydrogen-bond donors (Lipinski definition) is 1. The minimum Gasteiger partial charge on any atom is -0.309 e. The van der Waals surface area contributed by atoms with Crippen molar-refractivity contribution in [2.45, 2.75) is 19.0 Å². The van der Waals surface area contributed by atoms with E-state index in [2.05, 4.69) is 27.3 Å². The SMILES string of the molecule is Fc1cccc(CNCc2cccc(CCl)c2)c1Br. The standard InChI is InChI=1S/C15H14BrClFN/c16-15-13(5-2-6-14(15)18)10-19-9-12-4-1-3-11(7-12)8-17/h1-7,19H,8-10H2. The molecular formula is C15H14BrClFN. The Labute approximate surface area is 125 Å². The zero-order chi connectivity index (χ0) is 13.7. The second-order valence-electron chi connectivity index (χ2n) is 4.27. The molecule has 0 spiro atoms. The van der Waals surface area contributed by atoms with Crippen molar-refractivity contribution < 1.29 is 4.39 Å². The van der Waals surface area contributed by atoms with Gasteiger partial charge in [0.15, 0.2) is 0 Å². The van der Waals surface area contributed by atoms with E-state index in [1.807, 2.05) is 24.3 Å². The summed E-state index contributed by atoms with van der Waals surface area (Å²) in [4.78, 5) is 0. The van der Waals surface area contributed by atoms with Gasteiger partial charge in [-0.1, -0.05) is 36.4 Å². The number of rotatable bonds is 5. The smallest absolute Gasteiger partial charge is 0.137 e. The second-order valence-corrected chi connectivity index (χ2v) is 5.33. The van der Waals surface area contributed by atoms with Gasteiger partial charge in [0, 0.05) is 19.0 Å². The minimum absolute atomic E-state index is 0.233. The van der Waals surface area contributed by atoms with Crippen LogP contribution in [0.3, 0.4) is 0 Å². The Bertz CT molecular complexity index is 560. The van der Waals surface area contributed by atoms with Gasteiger partial charge in [-0.2, -0.15) is 0 Å². The maximum absolute atomic E-state index is 13.3. The van der Waals surface area contributed by atoms with Crippen LogP contribution in [0, 0.1) is 5.82 Å². The normalized spacial score (nSPS) is 10.7. The van der Waals surface area contributed by atoms with Crippen LogP contribution in [0.1, 0.15) is 16.7 Å². The third-order valence-corrected chi connectivity index (χ3v) is 4.02. The quantitative estimate of drug-likeness (QED) is 0.782. The van der Waals surface area contributed by atoms with E-state index in [0.717, 1.165) is 17.7 Å². The summed E-state index contributed by atoms with van der Waals surface area (Å²) in [6, 6.07) is 13.2. The first-order valence-corrected chi connectivity index (χ1v) is 7.31. The molecule has 0 aliphatic heterocycles. The Morgan fingerprint density at radius 2 is 1.79 bits per heavy atom. The number of nitrogens with one attached hydrogen (secondary N) is 1. The van der Waals surface area contributed by atoms with Gasteiger partial charge in [-0.3, -0.25) is 0 Å². The van der Waals surface area contributed by atoms with E-state index in [1.54, 1.807) is 6.07 Å². The van der Waals surface area contributed by atoms with Crippen molar-refractivity contribution in [2.24, 2.45) is 0 Å². The lowest BCUT2D eigenvalue weighted by Gasteiger charge is -2.08. The molecule has 2 rings (SSSR count). The Morgan fingerprint density at radius 1 is 1.05 bits per heavy atom. The largest absolute Gasteiger partial charge is 0.309 e. The van der Waals surface area contributed by atoms with Crippen LogP contribution in [0.5, 0.6) is 0 Å². The summed E-state index contributed by atoms with van der Waals surface area (Å²) in [5.74, 6) is 0.284. The van der Waals surface area contributed by atoms with Crippen LogP contribution in [0.2, 0.25) is 0 Å². The number of alkyl halides is 1. The molecule has 0 radical (unpaired) electrons. The molecule has 0 fully saturated rings. The predicted molar refractivity (Wildman–Crippen MR) is 80.6 cm³/mol. The van der Waals surface area contributed by atoms with Crippen LogP contribution in [-0.4, -0.2) is 0 Å². The molecule has 1 N–H and O–H groups in total. The first kappa shape index (κ1) is 14.5. The van der Waals surface area contributed by atoms with Gasteiger partial charge in [-0.05, 0) is 38.7 Å². The Hall–Kier alpha value is -0.900. The van der Waals surface area contributed by atoms with Gasteiger partial charge < -0.3 is 5.32 Å². The maximum Gasteiger partial charge on any atom is 0.137 e. The number of halogens is 3. The summed E-state index contributed by atoms with van der Waals surface area (Å²) in [5, 5.41) is 3.30. The molecule has 0 unspecified atom stereocenters. The van der Waals surface area contributed by atoms with Gasteiger partial charge in [-0.25, -0.2) is 4.39 Å². The van der Waals surface area contributed by atoms with Gasteiger partial charge in [-0.15, -0.1) is 11.6 Å². The summed E-state index contributed by atoms with van der Waals surface area (Å²) >= 11 is 9.06. The van der Waals surface area contributed by atoms with Crippen LogP contribution in [0.4, 0.5) is 4.39 Å². The summed E-state index contributed by atoms with van der Waals surface area (Å²) in [6.45, 7) is 1.34. The summed E-state index contributed by atoms with van der Waals surface area (Å²) in [5.41, 5.74) is 3.19. The lowest BCUT2D eigenvalue weighted by Crippen LogP contribution is -2.13. The Kier molecular flexibility index (Phi) is 5.37. The highest BCUT2D eigenvalue weighted by atomic mass is 79.9. The Balaban J connectivity index is 1.94. The fraction of sp³-hybridized carbons (Fsp3) is 0.200. The highest BCUT2D eigenvalue weighted by Gasteiger charge is 2.04. The third kappa shape index (κ3) is 4.03. The van der Waals surface area contributed by atoms with Gasteiger partial charge in [0.25, 0.3) is 0 Å². The van der Waals surface area contributed by atoms with Gasteiger partial charge >= 0.3 is 0 Å². The lowest BCUT2D eigenvalue weighted by molar-refractivity contribution is 0.612. The van der Waals surface area contributed by atoms with E-state index >= 15 is 0 Å². The van der Waals surface area contributed by atoms with Gasteiger partial charge in [0.2, 0.25) is 0 Å². The first-order chi connectivity index (χ1) is 9.20. The molecule has 0 aliphatic rings. The molecule has 0 saturated carbocycles. The summed E-state index contributed by atoms with van der Waals surface area (Å²) in [7, 11) is 0. The van der Waals surface area contributed by atoms with Crippen molar-refractivity contribution >= 4 is 27.5 Å². The molecule has 19 heavy (non-hydrogen) atoms. The maximum atomic E-state index is 13.3. The first-order valence-electron chi connectivity index (χ1n) is 5.98. The van der Waals surface area contributed by atoms with Crippen molar-refractivity contribution in [2.75, 3.05) is 0 Å². The van der Waals surface area contributed by atoms with E-state index in [1.165, 1.54) is 11.6 Å². The van der Waals surface area contributed by atoms with Crippen molar-refractivity contribution in [3.05, 3.63) is 69.4 Å². The highest BCUT2D eigenvalue weighted by Crippen LogP contribution is 2.20. The summed E-state index contributed by atoms with van der Waals surface area (Å²) in [6.07, 6.45) is 0. The number of hydrogen-bond acceptors (Lipinski definition) is 1. The molecular weight excluding hydrogens is 329 g/mol. The van der Waals surface area contributed by atoms with Crippen molar-refractivity contribution in [1.29, 1.82) is 0 Å². The highest BCUT2D eigenvalue weighted by molar-refractivity contribution is 9.10. The fourth-order valence-electron chi connectivity index (χ4n) is 1.85. The van der Waals surface area contributed by atoms with Crippen LogP contribution < -0.4 is 5.32 Å². The molecule has 2 aromatic carbocycles. The zero-order valence-electron chi connectivity index (χ0n) is 10.3. The molecule has 0 bridgehead atoms. The van der Waals surface area contributed by atoms with E-state index in [4.69, 9.17) is 11.6 Å². The van der Waals surface area contributed by atoms with E-state index in [-0.39, 0.29) is 5.82 Å². The molecule has 0 aliphatic carbocycles. The lowest BCUT2D eigenvalue weighted by atomic mass is 10.1. The minimum atomic E-state index is -0.233. The third-order valence-electron chi connectivity index (χ3n) is 2.82. The van der Waals surface area contributed by atoms with Crippen LogP contribution in [0.25, 0.3) is 0 Å². The predicted octanol–water partition coefficient (Wildman–Crippen LogP) is 4.62. The number of benzene rings is 2. The topological polar surface area (TPSA) is 12.0 Å². The van der Waals surface area contributed by atoms with Gasteiger partial charge in [0.1, 0.15) is 5.82 Å². The Morgan fingerprint density at radius 3 is 2.58 bits per heavy atom. The molecule has 4 heteroatoms. The van der Waals surface area contributed by atoms with Gasteiger partial charge in [0.05, 0.1) is 4.47 Å². The zero-order valence-corrected chi connectivity index (χ0v) is 12.6. The average molecular weight is 343 g/mol. The molecule has 0 aromatic heterocycles. The molecule has 1 nitrogen and oxygen atoms in total. The molecule has 0 amide bonds. The van der Waals surface area contributed by atoms with Crippen LogP contribution >= 0.6 is 27.5 Å².